The van der Waals surface area contributed by atoms with Crippen molar-refractivity contribution >= 4 is 0 Å². The van der Waals surface area contributed by atoms with E-state index in [4.69, 9.17) is 5.53 Å². The van der Waals surface area contributed by atoms with E-state index in [0.717, 1.165) is 0 Å². The summed E-state index contributed by atoms with van der Waals surface area (Å²) in [4.78, 5) is 4.58. The molecule has 8 nitrogen and oxygen atoms in total. The average Bonchev–Trinajstić information content (AvgIpc) is 3.07. The van der Waals surface area contributed by atoms with E-state index in [1.165, 1.54) is 0 Å². The lowest BCUT2D eigenvalue weighted by molar-refractivity contribution is -0.105. The molecular formula is C10H18N4O4. The number of hydrogen-bond donors (Lipinski definition) is 4. The number of azide groups is 1. The van der Waals surface area contributed by atoms with Gasteiger partial charge in [-0.3, -0.25) is 4.90 Å². The fraction of sp³-hybridized carbons (Fsp3) is 1.00. The molecule has 4 N–H and O–H groups in total. The molecule has 0 aromatic heterocycles. The quantitative estimate of drug-likeness (QED) is 0.156. The monoisotopic (exact) mass is 258 g/mol. The van der Waals surface area contributed by atoms with Crippen molar-refractivity contribution in [2.75, 3.05) is 19.7 Å². The summed E-state index contributed by atoms with van der Waals surface area (Å²) < 4.78 is 0. The molecule has 1 saturated heterocycles. The largest absolute Gasteiger partial charge is 0.396 e. The van der Waals surface area contributed by atoms with Gasteiger partial charge in [-0.1, -0.05) is 5.11 Å². The highest BCUT2D eigenvalue weighted by Gasteiger charge is 2.63. The molecule has 0 aromatic carbocycles. The maximum absolute atomic E-state index is 9.83. The van der Waals surface area contributed by atoms with Crippen LogP contribution in [0.5, 0.6) is 0 Å². The van der Waals surface area contributed by atoms with Crippen LogP contribution in [0.4, 0.5) is 0 Å². The van der Waals surface area contributed by atoms with Crippen LogP contribution in [0.2, 0.25) is 0 Å². The minimum atomic E-state index is -1.22. The van der Waals surface area contributed by atoms with Gasteiger partial charge in [-0.25, -0.2) is 0 Å². The zero-order valence-corrected chi connectivity index (χ0v) is 9.87. The third-order valence-corrected chi connectivity index (χ3v) is 3.90. The molecule has 7 atom stereocenters. The molecule has 1 saturated carbocycles. The van der Waals surface area contributed by atoms with Gasteiger partial charge in [0.2, 0.25) is 0 Å². The SMILES string of the molecule is [N-]=[N+]=NCCCN1C2C(O)C(O)C(O)C(CO)C21. The first-order valence-corrected chi connectivity index (χ1v) is 6.05. The first-order valence-electron chi connectivity index (χ1n) is 6.05. The zero-order chi connectivity index (χ0) is 13.3. The fourth-order valence-electron chi connectivity index (χ4n) is 2.96. The van der Waals surface area contributed by atoms with E-state index in [1.807, 2.05) is 4.90 Å². The van der Waals surface area contributed by atoms with E-state index in [-0.39, 0.29) is 18.7 Å². The lowest BCUT2D eigenvalue weighted by Gasteiger charge is -2.32. The molecule has 0 radical (unpaired) electrons. The van der Waals surface area contributed by atoms with E-state index >= 15 is 0 Å². The Balaban J connectivity index is 1.94. The molecule has 8 heteroatoms. The Hall–Kier alpha value is -0.890. The van der Waals surface area contributed by atoms with Crippen LogP contribution < -0.4 is 0 Å². The highest BCUT2D eigenvalue weighted by molar-refractivity contribution is 5.17. The first-order chi connectivity index (χ1) is 8.63. The third kappa shape index (κ3) is 2.18. The Morgan fingerprint density at radius 1 is 1.11 bits per heavy atom. The summed E-state index contributed by atoms with van der Waals surface area (Å²) in [5.74, 6) is -0.437. The Kier molecular flexibility index (Phi) is 4.06. The number of aliphatic hydroxyl groups is 4. The maximum atomic E-state index is 9.83. The van der Waals surface area contributed by atoms with Crippen molar-refractivity contribution in [3.05, 3.63) is 10.4 Å². The highest BCUT2D eigenvalue weighted by atomic mass is 16.4. The molecule has 0 spiro atoms. The lowest BCUT2D eigenvalue weighted by Crippen LogP contribution is -2.52. The molecule has 2 aliphatic rings. The molecule has 7 unspecified atom stereocenters. The van der Waals surface area contributed by atoms with Gasteiger partial charge in [-0.05, 0) is 18.5 Å². The van der Waals surface area contributed by atoms with E-state index in [0.29, 0.717) is 19.5 Å². The van der Waals surface area contributed by atoms with Gasteiger partial charge < -0.3 is 20.4 Å². The summed E-state index contributed by atoms with van der Waals surface area (Å²) >= 11 is 0. The Morgan fingerprint density at radius 2 is 1.83 bits per heavy atom. The van der Waals surface area contributed by atoms with Gasteiger partial charge in [-0.15, -0.1) is 0 Å². The van der Waals surface area contributed by atoms with Gasteiger partial charge in [-0.2, -0.15) is 0 Å². The van der Waals surface area contributed by atoms with Crippen LogP contribution in [0.15, 0.2) is 5.11 Å². The van der Waals surface area contributed by atoms with Crippen molar-refractivity contribution in [1.29, 1.82) is 0 Å². The molecule has 18 heavy (non-hydrogen) atoms. The standard InChI is InChI=1S/C10H18N4O4/c11-13-12-2-1-3-14-6-5(4-15)8(16)10(18)9(17)7(6)14/h5-10,15-18H,1-4H2. The summed E-state index contributed by atoms with van der Waals surface area (Å²) in [6.07, 6.45) is -2.67. The second-order valence-corrected chi connectivity index (χ2v) is 4.85. The topological polar surface area (TPSA) is 133 Å². The smallest absolute Gasteiger partial charge is 0.108 e. The van der Waals surface area contributed by atoms with Crippen LogP contribution in [-0.4, -0.2) is 75.4 Å². The molecule has 0 aromatic rings. The van der Waals surface area contributed by atoms with Gasteiger partial charge >= 0.3 is 0 Å². The van der Waals surface area contributed by atoms with Crippen LogP contribution in [0, 0.1) is 5.92 Å². The van der Waals surface area contributed by atoms with Crippen LogP contribution in [0.25, 0.3) is 10.4 Å². The summed E-state index contributed by atoms with van der Waals surface area (Å²) in [6.45, 7) is 0.762. The summed E-state index contributed by atoms with van der Waals surface area (Å²) in [5.41, 5.74) is 8.15. The molecule has 2 rings (SSSR count). The molecule has 2 fully saturated rings. The predicted octanol–water partition coefficient (Wildman–Crippen LogP) is -1.56. The Bertz CT molecular complexity index is 349. The van der Waals surface area contributed by atoms with Gasteiger partial charge in [0.15, 0.2) is 0 Å². The normalized spacial score (nSPS) is 46.1. The molecule has 1 heterocycles. The van der Waals surface area contributed by atoms with Crippen molar-refractivity contribution in [1.82, 2.24) is 4.90 Å². The van der Waals surface area contributed by atoms with Crippen LogP contribution in [-0.2, 0) is 0 Å². The predicted molar refractivity (Wildman–Crippen MR) is 61.5 cm³/mol. The average molecular weight is 258 g/mol. The van der Waals surface area contributed by atoms with E-state index in [1.54, 1.807) is 0 Å². The number of fused-ring (bicyclic) bond motifs is 1. The van der Waals surface area contributed by atoms with E-state index in [2.05, 4.69) is 10.0 Å². The third-order valence-electron chi connectivity index (χ3n) is 3.90. The van der Waals surface area contributed by atoms with Crippen LogP contribution in [0.1, 0.15) is 6.42 Å². The molecule has 0 bridgehead atoms. The minimum absolute atomic E-state index is 0.102. The van der Waals surface area contributed by atoms with Crippen molar-refractivity contribution in [3.63, 3.8) is 0 Å². The van der Waals surface area contributed by atoms with E-state index in [9.17, 15) is 20.4 Å². The van der Waals surface area contributed by atoms with Crippen molar-refractivity contribution in [2.45, 2.75) is 36.8 Å². The molecule has 1 aliphatic carbocycles. The van der Waals surface area contributed by atoms with Crippen LogP contribution >= 0.6 is 0 Å². The van der Waals surface area contributed by atoms with Crippen LogP contribution in [0.3, 0.4) is 0 Å². The van der Waals surface area contributed by atoms with Crippen molar-refractivity contribution in [3.8, 4) is 0 Å². The van der Waals surface area contributed by atoms with Gasteiger partial charge in [0, 0.05) is 23.4 Å². The molecule has 102 valence electrons. The van der Waals surface area contributed by atoms with Gasteiger partial charge in [0.1, 0.15) is 6.10 Å². The summed E-state index contributed by atoms with van der Waals surface area (Å²) in [7, 11) is 0. The number of nitrogens with zero attached hydrogens (tertiary/aromatic N) is 4. The van der Waals surface area contributed by atoms with Gasteiger partial charge in [0.25, 0.3) is 0 Å². The summed E-state index contributed by atoms with van der Waals surface area (Å²) in [6, 6.07) is -0.318. The van der Waals surface area contributed by atoms with Crippen molar-refractivity contribution < 1.29 is 20.4 Å². The van der Waals surface area contributed by atoms with Crippen molar-refractivity contribution in [2.24, 2.45) is 11.0 Å². The number of hydrogen-bond acceptors (Lipinski definition) is 6. The lowest BCUT2D eigenvalue weighted by atomic mass is 9.83. The first kappa shape index (κ1) is 13.5. The number of aliphatic hydroxyl groups excluding tert-OH is 4. The van der Waals surface area contributed by atoms with E-state index < -0.39 is 24.2 Å². The Morgan fingerprint density at radius 3 is 2.44 bits per heavy atom. The summed E-state index contributed by atoms with van der Waals surface area (Å²) in [5, 5.41) is 41.9. The molecular weight excluding hydrogens is 240 g/mol. The number of likely N-dealkylation sites (tertiary alicyclic amines) is 1. The van der Waals surface area contributed by atoms with Gasteiger partial charge in [0.05, 0.1) is 24.9 Å². The second-order valence-electron chi connectivity index (χ2n) is 4.85. The second kappa shape index (κ2) is 5.40. The zero-order valence-electron chi connectivity index (χ0n) is 9.87. The maximum Gasteiger partial charge on any atom is 0.108 e. The fourth-order valence-corrected chi connectivity index (χ4v) is 2.96. The minimum Gasteiger partial charge on any atom is -0.396 e. The Labute approximate surface area is 104 Å². The molecule has 0 amide bonds. The number of rotatable bonds is 5. The highest BCUT2D eigenvalue weighted by Crippen LogP contribution is 2.44. The molecule has 1 aliphatic heterocycles.